The van der Waals surface area contributed by atoms with Crippen molar-refractivity contribution in [3.05, 3.63) is 46.3 Å². The lowest BCUT2D eigenvalue weighted by Gasteiger charge is -2.07. The molecule has 25 heavy (non-hydrogen) atoms. The highest BCUT2D eigenvalue weighted by Gasteiger charge is 2.06. The summed E-state index contributed by atoms with van der Waals surface area (Å²) in [5.74, 6) is 1.35. The number of halogens is 2. The van der Waals surface area contributed by atoms with Gasteiger partial charge in [-0.15, -0.1) is 0 Å². The van der Waals surface area contributed by atoms with Crippen LogP contribution in [0.4, 0.5) is 5.82 Å². The number of amidine groups is 1. The number of hydrogen-bond acceptors (Lipinski definition) is 4. The van der Waals surface area contributed by atoms with Gasteiger partial charge in [-0.1, -0.05) is 18.5 Å². The third kappa shape index (κ3) is 6.65. The Morgan fingerprint density at radius 2 is 2.12 bits per heavy atom. The van der Waals surface area contributed by atoms with Crippen molar-refractivity contribution in [2.24, 2.45) is 9.98 Å². The summed E-state index contributed by atoms with van der Waals surface area (Å²) in [5, 5.41) is 7.88. The molecule has 5 nitrogen and oxygen atoms in total. The number of aryl methyl sites for hydroxylation is 2. The van der Waals surface area contributed by atoms with Gasteiger partial charge in [0.1, 0.15) is 16.8 Å². The maximum Gasteiger partial charge on any atom is 0.225 e. The molecule has 0 aliphatic carbocycles. The molecule has 0 spiro atoms. The van der Waals surface area contributed by atoms with E-state index in [4.69, 9.17) is 23.2 Å². The van der Waals surface area contributed by atoms with E-state index in [1.54, 1.807) is 24.6 Å². The molecule has 0 saturated carbocycles. The van der Waals surface area contributed by atoms with E-state index in [-0.39, 0.29) is 5.29 Å². The molecule has 0 fully saturated rings. The van der Waals surface area contributed by atoms with Crippen LogP contribution in [0.2, 0.25) is 0 Å². The number of anilines is 1. The topological polar surface area (TPSA) is 54.6 Å². The number of rotatable bonds is 7. The van der Waals surface area contributed by atoms with Crippen molar-refractivity contribution in [1.29, 1.82) is 0 Å². The number of thiophene rings is 1. The lowest BCUT2D eigenvalue weighted by molar-refractivity contribution is 0.697. The van der Waals surface area contributed by atoms with Gasteiger partial charge >= 0.3 is 0 Å². The van der Waals surface area contributed by atoms with Crippen LogP contribution in [-0.4, -0.2) is 20.0 Å². The normalized spacial score (nSPS) is 13.8. The molecule has 0 atom stereocenters. The fourth-order valence-corrected chi connectivity index (χ4v) is 3.04. The number of nitrogens with zero attached hydrogens (tertiary/aromatic N) is 4. The van der Waals surface area contributed by atoms with Crippen molar-refractivity contribution in [1.82, 2.24) is 9.55 Å². The summed E-state index contributed by atoms with van der Waals surface area (Å²) in [6, 6.07) is 2.14. The highest BCUT2D eigenvalue weighted by molar-refractivity contribution is 7.07. The van der Waals surface area contributed by atoms with Crippen molar-refractivity contribution in [2.45, 2.75) is 40.2 Å². The van der Waals surface area contributed by atoms with Crippen molar-refractivity contribution in [3.8, 4) is 0 Å². The lowest BCUT2D eigenvalue weighted by Crippen LogP contribution is -2.03. The van der Waals surface area contributed by atoms with Crippen LogP contribution in [0.1, 0.15) is 32.8 Å². The van der Waals surface area contributed by atoms with E-state index < -0.39 is 0 Å². The first-order chi connectivity index (χ1) is 12.0. The second-order valence-electron chi connectivity index (χ2n) is 5.48. The summed E-state index contributed by atoms with van der Waals surface area (Å²) in [4.78, 5) is 12.6. The quantitative estimate of drug-likeness (QED) is 0.381. The maximum absolute atomic E-state index is 6.03. The van der Waals surface area contributed by atoms with Crippen molar-refractivity contribution in [3.63, 3.8) is 0 Å². The summed E-state index contributed by atoms with van der Waals surface area (Å²) < 4.78 is 2.05. The van der Waals surface area contributed by atoms with Crippen LogP contribution in [0, 0.1) is 0 Å². The molecule has 0 aliphatic rings. The van der Waals surface area contributed by atoms with E-state index in [1.807, 2.05) is 17.7 Å². The van der Waals surface area contributed by atoms with Crippen molar-refractivity contribution in [2.75, 3.05) is 5.32 Å². The Kier molecular flexibility index (Phi) is 7.68. The SMILES string of the molecule is CC/C(C)=C(/N=C(Cl)\N=C(/C)Cl)Nc1cn(CCc2ccsc2)cn1. The van der Waals surface area contributed by atoms with Crippen LogP contribution in [-0.2, 0) is 13.0 Å². The average molecular weight is 398 g/mol. The van der Waals surface area contributed by atoms with Crippen LogP contribution < -0.4 is 5.32 Å². The van der Waals surface area contributed by atoms with Gasteiger partial charge < -0.3 is 9.88 Å². The summed E-state index contributed by atoms with van der Waals surface area (Å²) >= 11 is 13.5. The van der Waals surface area contributed by atoms with Gasteiger partial charge in [-0.3, -0.25) is 0 Å². The Hall–Kier alpha value is -1.63. The lowest BCUT2D eigenvalue weighted by atomic mass is 10.2. The number of allylic oxidation sites excluding steroid dienone is 1. The van der Waals surface area contributed by atoms with Gasteiger partial charge in [-0.2, -0.15) is 11.3 Å². The molecule has 0 aromatic carbocycles. The Morgan fingerprint density at radius 1 is 1.32 bits per heavy atom. The molecular weight excluding hydrogens is 377 g/mol. The molecule has 1 N–H and O–H groups in total. The van der Waals surface area contributed by atoms with Crippen LogP contribution in [0.5, 0.6) is 0 Å². The second-order valence-corrected chi connectivity index (χ2v) is 7.14. The van der Waals surface area contributed by atoms with Crippen LogP contribution in [0.3, 0.4) is 0 Å². The number of aliphatic imine (C=N–C) groups is 2. The monoisotopic (exact) mass is 397 g/mol. The molecule has 0 saturated heterocycles. The Balaban J connectivity index is 2.08. The predicted octanol–water partition coefficient (Wildman–Crippen LogP) is 5.49. The molecule has 2 aromatic rings. The third-order valence-corrected chi connectivity index (χ3v) is 4.49. The van der Waals surface area contributed by atoms with Gasteiger partial charge in [0.05, 0.1) is 6.33 Å². The van der Waals surface area contributed by atoms with Crippen molar-refractivity contribution >= 4 is 50.8 Å². The van der Waals surface area contributed by atoms with Crippen LogP contribution >= 0.6 is 34.5 Å². The Morgan fingerprint density at radius 3 is 2.76 bits per heavy atom. The minimum atomic E-state index is 0.0830. The van der Waals surface area contributed by atoms with E-state index in [1.165, 1.54) is 5.56 Å². The van der Waals surface area contributed by atoms with Gasteiger partial charge in [0.25, 0.3) is 0 Å². The van der Waals surface area contributed by atoms with Gasteiger partial charge in [-0.05, 0) is 66.3 Å². The fraction of sp³-hybridized carbons (Fsp3) is 0.353. The Bertz CT molecular complexity index is 771. The Labute approximate surface area is 162 Å². The first-order valence-corrected chi connectivity index (χ1v) is 9.62. The number of imidazole rings is 1. The zero-order valence-electron chi connectivity index (χ0n) is 14.5. The molecular formula is C17H21Cl2N5S. The van der Waals surface area contributed by atoms with Gasteiger partial charge in [0, 0.05) is 12.7 Å². The molecule has 2 heterocycles. The average Bonchev–Trinajstić information content (AvgIpc) is 3.22. The highest BCUT2D eigenvalue weighted by Crippen LogP contribution is 2.16. The molecule has 0 amide bonds. The molecule has 0 unspecified atom stereocenters. The van der Waals surface area contributed by atoms with Gasteiger partial charge in [0.15, 0.2) is 0 Å². The van der Waals surface area contributed by atoms with Gasteiger partial charge in [0.2, 0.25) is 5.29 Å². The predicted molar refractivity (Wildman–Crippen MR) is 109 cm³/mol. The summed E-state index contributed by atoms with van der Waals surface area (Å²) in [6.45, 7) is 6.56. The largest absolute Gasteiger partial charge is 0.335 e. The zero-order valence-corrected chi connectivity index (χ0v) is 16.8. The molecule has 2 aromatic heterocycles. The smallest absolute Gasteiger partial charge is 0.225 e. The molecule has 8 heteroatoms. The summed E-state index contributed by atoms with van der Waals surface area (Å²) in [7, 11) is 0. The molecule has 2 rings (SSSR count). The minimum Gasteiger partial charge on any atom is -0.335 e. The maximum atomic E-state index is 6.03. The molecule has 0 radical (unpaired) electrons. The number of hydrogen-bond donors (Lipinski definition) is 1. The second kappa shape index (κ2) is 9.75. The van der Waals surface area contributed by atoms with Crippen LogP contribution in [0.15, 0.2) is 50.7 Å². The van der Waals surface area contributed by atoms with E-state index in [2.05, 4.69) is 44.0 Å². The van der Waals surface area contributed by atoms with E-state index >= 15 is 0 Å². The first-order valence-electron chi connectivity index (χ1n) is 7.92. The third-order valence-electron chi connectivity index (χ3n) is 3.50. The van der Waals surface area contributed by atoms with Gasteiger partial charge in [-0.25, -0.2) is 15.0 Å². The highest BCUT2D eigenvalue weighted by atomic mass is 35.5. The van der Waals surface area contributed by atoms with E-state index in [0.29, 0.717) is 16.8 Å². The van der Waals surface area contributed by atoms with Crippen LogP contribution in [0.25, 0.3) is 0 Å². The fourth-order valence-electron chi connectivity index (χ4n) is 2.00. The van der Waals surface area contributed by atoms with E-state index in [9.17, 15) is 0 Å². The summed E-state index contributed by atoms with van der Waals surface area (Å²) in [6.07, 6.45) is 5.57. The standard InChI is InChI=1S/C17H21Cl2N5S/c1-4-12(2)16(23-17(19)21-13(3)18)22-15-9-24(11-20-15)7-5-14-6-8-25-10-14/h6,8-11,22H,4-5,7H2,1-3H3/b16-12+,21-13+,23-17-. The zero-order chi connectivity index (χ0) is 18.2. The van der Waals surface area contributed by atoms with Crippen molar-refractivity contribution < 1.29 is 0 Å². The summed E-state index contributed by atoms with van der Waals surface area (Å²) in [5.41, 5.74) is 2.38. The number of aromatic nitrogens is 2. The van der Waals surface area contributed by atoms with E-state index in [0.717, 1.165) is 25.0 Å². The molecule has 0 bridgehead atoms. The molecule has 0 aliphatic heterocycles. The minimum absolute atomic E-state index is 0.0830. The number of nitrogens with one attached hydrogen (secondary N) is 1. The first kappa shape index (κ1) is 19.7. The molecule has 134 valence electrons.